The summed E-state index contributed by atoms with van der Waals surface area (Å²) in [5.74, 6) is -0.969. The van der Waals surface area contributed by atoms with Crippen molar-refractivity contribution >= 4 is 61.6 Å². The Bertz CT molecular complexity index is 1470. The second kappa shape index (κ2) is 8.42. The van der Waals surface area contributed by atoms with Crippen LogP contribution in [-0.2, 0) is 10.0 Å². The number of oxazole rings is 1. The van der Waals surface area contributed by atoms with Gasteiger partial charge in [-0.3, -0.25) is 9.52 Å². The van der Waals surface area contributed by atoms with E-state index in [0.29, 0.717) is 22.7 Å². The van der Waals surface area contributed by atoms with Crippen molar-refractivity contribution < 1.29 is 22.0 Å². The minimum absolute atomic E-state index is 0.0612. The van der Waals surface area contributed by atoms with Crippen LogP contribution in [0.15, 0.2) is 63.9 Å². The number of aromatic nitrogens is 1. The Kier molecular flexibility index (Phi) is 5.81. The number of anilines is 2. The van der Waals surface area contributed by atoms with Crippen molar-refractivity contribution in [2.75, 3.05) is 10.0 Å². The number of amides is 1. The number of rotatable bonds is 5. The fraction of sp³-hybridized carbons (Fsp3) is 0.0476. The van der Waals surface area contributed by atoms with E-state index in [1.165, 1.54) is 18.2 Å². The average molecular weight is 494 g/mol. The Morgan fingerprint density at radius 3 is 2.56 bits per heavy atom. The summed E-state index contributed by atoms with van der Waals surface area (Å²) in [5, 5.41) is 2.34. The normalized spacial score (nSPS) is 11.5. The van der Waals surface area contributed by atoms with E-state index >= 15 is 0 Å². The van der Waals surface area contributed by atoms with Gasteiger partial charge in [0.15, 0.2) is 11.5 Å². The summed E-state index contributed by atoms with van der Waals surface area (Å²) < 4.78 is 47.1. The number of fused-ring (bicyclic) bond motifs is 1. The maximum absolute atomic E-state index is 13.9. The Balaban J connectivity index is 1.66. The zero-order valence-electron chi connectivity index (χ0n) is 16.3. The Morgan fingerprint density at radius 1 is 1.06 bits per heavy atom. The fourth-order valence-electron chi connectivity index (χ4n) is 2.97. The van der Waals surface area contributed by atoms with E-state index in [1.807, 2.05) is 0 Å². The number of hydrogen-bond acceptors (Lipinski definition) is 5. The molecule has 0 saturated carbocycles. The molecule has 3 aromatic carbocycles. The van der Waals surface area contributed by atoms with Gasteiger partial charge < -0.3 is 9.73 Å². The molecule has 0 aliphatic carbocycles. The lowest BCUT2D eigenvalue weighted by Crippen LogP contribution is -2.17. The zero-order chi connectivity index (χ0) is 23.0. The van der Waals surface area contributed by atoms with Crippen LogP contribution in [0.4, 0.5) is 15.8 Å². The van der Waals surface area contributed by atoms with E-state index in [4.69, 9.17) is 27.6 Å². The minimum Gasteiger partial charge on any atom is -0.441 e. The van der Waals surface area contributed by atoms with Crippen molar-refractivity contribution in [2.45, 2.75) is 11.8 Å². The zero-order valence-corrected chi connectivity index (χ0v) is 18.6. The first-order chi connectivity index (χ1) is 15.1. The SMILES string of the molecule is Cc1nc2ccc(NC(=O)c3cc(S(=O)(=O)Nc4ccccc4F)c(Cl)cc3Cl)cc2o1. The van der Waals surface area contributed by atoms with Gasteiger partial charge in [-0.05, 0) is 36.4 Å². The van der Waals surface area contributed by atoms with E-state index in [-0.39, 0.29) is 21.3 Å². The molecule has 0 saturated heterocycles. The minimum atomic E-state index is -4.32. The van der Waals surface area contributed by atoms with Crippen LogP contribution in [0.1, 0.15) is 16.2 Å². The lowest BCUT2D eigenvalue weighted by atomic mass is 10.2. The van der Waals surface area contributed by atoms with Crippen LogP contribution in [0.5, 0.6) is 0 Å². The van der Waals surface area contributed by atoms with E-state index in [2.05, 4.69) is 15.0 Å². The Morgan fingerprint density at radius 2 is 1.81 bits per heavy atom. The molecule has 1 heterocycles. The van der Waals surface area contributed by atoms with Crippen LogP contribution in [-0.4, -0.2) is 19.3 Å². The van der Waals surface area contributed by atoms with Crippen molar-refractivity contribution in [3.05, 3.63) is 81.9 Å². The van der Waals surface area contributed by atoms with Crippen LogP contribution in [0.2, 0.25) is 10.0 Å². The van der Waals surface area contributed by atoms with Gasteiger partial charge in [-0.2, -0.15) is 0 Å². The molecule has 4 rings (SSSR count). The molecule has 7 nitrogen and oxygen atoms in total. The van der Waals surface area contributed by atoms with Crippen LogP contribution >= 0.6 is 23.2 Å². The average Bonchev–Trinajstić information content (AvgIpc) is 3.08. The number of para-hydroxylation sites is 1. The van der Waals surface area contributed by atoms with Crippen LogP contribution < -0.4 is 10.0 Å². The van der Waals surface area contributed by atoms with Crippen molar-refractivity contribution in [2.24, 2.45) is 0 Å². The molecule has 0 bridgehead atoms. The molecule has 0 aliphatic heterocycles. The first-order valence-corrected chi connectivity index (χ1v) is 11.3. The molecule has 1 aromatic heterocycles. The van der Waals surface area contributed by atoms with Gasteiger partial charge in [0, 0.05) is 18.7 Å². The van der Waals surface area contributed by atoms with Crippen LogP contribution in [0.25, 0.3) is 11.1 Å². The van der Waals surface area contributed by atoms with E-state index in [0.717, 1.165) is 18.2 Å². The number of carbonyl (C=O) groups excluding carboxylic acids is 1. The molecule has 0 aliphatic rings. The van der Waals surface area contributed by atoms with Crippen molar-refractivity contribution in [1.82, 2.24) is 4.98 Å². The standard InChI is InChI=1S/C21H14Cl2FN3O4S/c1-11-25-18-7-6-12(8-19(18)31-11)26-21(28)13-9-20(15(23)10-14(13)22)32(29,30)27-17-5-3-2-4-16(17)24/h2-10,27H,1H3,(H,26,28). The van der Waals surface area contributed by atoms with Gasteiger partial charge in [-0.1, -0.05) is 35.3 Å². The molecule has 2 N–H and O–H groups in total. The summed E-state index contributed by atoms with van der Waals surface area (Å²) in [6.07, 6.45) is 0. The maximum atomic E-state index is 13.9. The first kappa shape index (κ1) is 22.1. The van der Waals surface area contributed by atoms with Gasteiger partial charge in [-0.25, -0.2) is 17.8 Å². The van der Waals surface area contributed by atoms with E-state index in [1.54, 1.807) is 25.1 Å². The molecule has 11 heteroatoms. The second-order valence-corrected chi connectivity index (χ2v) is 9.18. The summed E-state index contributed by atoms with van der Waals surface area (Å²) >= 11 is 12.2. The maximum Gasteiger partial charge on any atom is 0.263 e. The quantitative estimate of drug-likeness (QED) is 0.374. The molecule has 32 heavy (non-hydrogen) atoms. The fourth-order valence-corrected chi connectivity index (χ4v) is 4.90. The summed E-state index contributed by atoms with van der Waals surface area (Å²) in [5.41, 5.74) is 1.08. The second-order valence-electron chi connectivity index (χ2n) is 6.72. The lowest BCUT2D eigenvalue weighted by Gasteiger charge is -2.13. The van der Waals surface area contributed by atoms with Gasteiger partial charge in [0.2, 0.25) is 0 Å². The molecule has 0 atom stereocenters. The number of benzene rings is 3. The number of nitrogens with one attached hydrogen (secondary N) is 2. The van der Waals surface area contributed by atoms with E-state index < -0.39 is 26.6 Å². The number of carbonyl (C=O) groups is 1. The van der Waals surface area contributed by atoms with Crippen LogP contribution in [0.3, 0.4) is 0 Å². The Hall–Kier alpha value is -3.14. The molecular formula is C21H14Cl2FN3O4S. The molecule has 164 valence electrons. The van der Waals surface area contributed by atoms with Gasteiger partial charge in [0.25, 0.3) is 15.9 Å². The molecule has 1 amide bonds. The molecule has 4 aromatic rings. The van der Waals surface area contributed by atoms with Gasteiger partial charge in [0.1, 0.15) is 16.2 Å². The number of aryl methyl sites for hydroxylation is 1. The predicted octanol–water partition coefficient (Wildman–Crippen LogP) is 5.64. The third kappa shape index (κ3) is 4.40. The highest BCUT2D eigenvalue weighted by Crippen LogP contribution is 2.31. The van der Waals surface area contributed by atoms with Crippen molar-refractivity contribution in [1.29, 1.82) is 0 Å². The predicted molar refractivity (Wildman–Crippen MR) is 120 cm³/mol. The topological polar surface area (TPSA) is 101 Å². The lowest BCUT2D eigenvalue weighted by molar-refractivity contribution is 0.102. The molecular weight excluding hydrogens is 480 g/mol. The van der Waals surface area contributed by atoms with Crippen molar-refractivity contribution in [3.63, 3.8) is 0 Å². The molecule has 0 unspecified atom stereocenters. The molecule has 0 spiro atoms. The summed E-state index contributed by atoms with van der Waals surface area (Å²) in [4.78, 5) is 16.6. The first-order valence-electron chi connectivity index (χ1n) is 9.09. The van der Waals surface area contributed by atoms with Crippen molar-refractivity contribution in [3.8, 4) is 0 Å². The molecule has 0 radical (unpaired) electrons. The smallest absolute Gasteiger partial charge is 0.263 e. The van der Waals surface area contributed by atoms with Gasteiger partial charge in [0.05, 0.1) is 21.3 Å². The number of halogens is 3. The summed E-state index contributed by atoms with van der Waals surface area (Å²) in [7, 11) is -4.32. The largest absolute Gasteiger partial charge is 0.441 e. The monoisotopic (exact) mass is 493 g/mol. The highest BCUT2D eigenvalue weighted by Gasteiger charge is 2.24. The number of hydrogen-bond donors (Lipinski definition) is 2. The third-order valence-corrected chi connectivity index (χ3v) is 6.57. The van der Waals surface area contributed by atoms with E-state index in [9.17, 15) is 17.6 Å². The highest BCUT2D eigenvalue weighted by molar-refractivity contribution is 7.92. The van der Waals surface area contributed by atoms with Gasteiger partial charge in [-0.15, -0.1) is 0 Å². The summed E-state index contributed by atoms with van der Waals surface area (Å²) in [6, 6.07) is 12.3. The van der Waals surface area contributed by atoms with Crippen LogP contribution in [0, 0.1) is 12.7 Å². The third-order valence-electron chi connectivity index (χ3n) is 4.43. The summed E-state index contributed by atoms with van der Waals surface area (Å²) in [6.45, 7) is 1.70. The Labute approximate surface area is 192 Å². The number of nitrogens with zero attached hydrogens (tertiary/aromatic N) is 1. The number of sulfonamides is 1. The van der Waals surface area contributed by atoms with Gasteiger partial charge >= 0.3 is 0 Å². The highest BCUT2D eigenvalue weighted by atomic mass is 35.5. The molecule has 0 fully saturated rings.